The number of Topliss-reactive ketones (excluding diaryl/α,β-unsaturated/α-hetero) is 1. The quantitative estimate of drug-likeness (QED) is 0.214. The molecule has 0 spiro atoms. The number of carbonyl (C=O) groups excluding carboxylic acids is 2. The van der Waals surface area contributed by atoms with Crippen molar-refractivity contribution in [1.82, 2.24) is 9.97 Å². The number of amides is 1. The third-order valence-electron chi connectivity index (χ3n) is 6.26. The topological polar surface area (TPSA) is 109 Å². The highest BCUT2D eigenvalue weighted by Gasteiger charge is 2.49. The van der Waals surface area contributed by atoms with E-state index in [1.165, 1.54) is 11.2 Å². The first-order chi connectivity index (χ1) is 17.2. The van der Waals surface area contributed by atoms with E-state index in [4.69, 9.17) is 9.15 Å². The molecule has 2 aromatic carbocycles. The first kappa shape index (κ1) is 23.4. The van der Waals surface area contributed by atoms with Crippen LogP contribution in [-0.2, 0) is 9.59 Å². The smallest absolute Gasteiger partial charge is 0.302 e. The number of ketones is 1. The Morgan fingerprint density at radius 2 is 1.92 bits per heavy atom. The number of aromatic amines is 1. The highest BCUT2D eigenvalue weighted by Crippen LogP contribution is 2.42. The molecule has 1 aliphatic rings. The monoisotopic (exact) mass is 485 g/mol. The average Bonchev–Trinajstić information content (AvgIpc) is 3.57. The minimum atomic E-state index is -0.997. The number of hydrogen-bond donors (Lipinski definition) is 2. The van der Waals surface area contributed by atoms with Crippen LogP contribution in [0.25, 0.3) is 16.8 Å². The second-order valence-electron chi connectivity index (χ2n) is 9.43. The number of nitrogens with zero attached hydrogens (tertiary/aromatic N) is 2. The molecule has 1 amide bonds. The van der Waals surface area contributed by atoms with Gasteiger partial charge in [-0.15, -0.1) is 0 Å². The average molecular weight is 486 g/mol. The maximum absolute atomic E-state index is 13.3. The Morgan fingerprint density at radius 3 is 2.64 bits per heavy atom. The van der Waals surface area contributed by atoms with Gasteiger partial charge in [-0.25, -0.2) is 4.98 Å². The van der Waals surface area contributed by atoms with Gasteiger partial charge in [0.25, 0.3) is 5.78 Å². The number of nitrogens with one attached hydrogen (secondary N) is 1. The number of carbonyl (C=O) groups is 2. The molecule has 3 heterocycles. The van der Waals surface area contributed by atoms with Crippen LogP contribution < -0.4 is 9.64 Å². The summed E-state index contributed by atoms with van der Waals surface area (Å²) in [6.45, 7) is 8.55. The largest absolute Gasteiger partial charge is 0.507 e. The van der Waals surface area contributed by atoms with Crippen LogP contribution in [0.2, 0.25) is 0 Å². The van der Waals surface area contributed by atoms with E-state index in [-0.39, 0.29) is 17.3 Å². The molecule has 1 aliphatic heterocycles. The Hall–Kier alpha value is -4.33. The lowest BCUT2D eigenvalue weighted by molar-refractivity contribution is -0.132. The van der Waals surface area contributed by atoms with Gasteiger partial charge >= 0.3 is 5.91 Å². The molecule has 8 nitrogen and oxygen atoms in total. The number of H-pyrrole nitrogens is 1. The van der Waals surface area contributed by atoms with E-state index in [1.54, 1.807) is 36.4 Å². The Balaban J connectivity index is 1.63. The van der Waals surface area contributed by atoms with Crippen molar-refractivity contribution >= 4 is 34.4 Å². The van der Waals surface area contributed by atoms with Crippen LogP contribution in [0.1, 0.15) is 42.3 Å². The third-order valence-corrected chi connectivity index (χ3v) is 6.26. The van der Waals surface area contributed by atoms with Crippen molar-refractivity contribution in [2.75, 3.05) is 11.5 Å². The number of fused-ring (bicyclic) bond motifs is 1. The van der Waals surface area contributed by atoms with Crippen LogP contribution in [-0.4, -0.2) is 33.4 Å². The zero-order valence-corrected chi connectivity index (χ0v) is 20.5. The Bertz CT molecular complexity index is 1460. The van der Waals surface area contributed by atoms with E-state index < -0.39 is 17.7 Å². The lowest BCUT2D eigenvalue weighted by atomic mass is 9.99. The van der Waals surface area contributed by atoms with E-state index >= 15 is 0 Å². The number of rotatable bonds is 6. The number of aliphatic hydroxyl groups is 1. The predicted molar refractivity (Wildman–Crippen MR) is 136 cm³/mol. The molecule has 4 aromatic rings. The maximum atomic E-state index is 13.3. The van der Waals surface area contributed by atoms with E-state index in [0.29, 0.717) is 35.1 Å². The van der Waals surface area contributed by atoms with Crippen molar-refractivity contribution in [3.8, 4) is 5.75 Å². The molecule has 0 bridgehead atoms. The lowest BCUT2D eigenvalue weighted by Gasteiger charge is -2.20. The van der Waals surface area contributed by atoms with Crippen molar-refractivity contribution in [2.45, 2.75) is 33.7 Å². The van der Waals surface area contributed by atoms with Crippen molar-refractivity contribution in [3.63, 3.8) is 0 Å². The van der Waals surface area contributed by atoms with Gasteiger partial charge < -0.3 is 19.2 Å². The molecule has 5 rings (SSSR count). The fourth-order valence-corrected chi connectivity index (χ4v) is 4.29. The minimum Gasteiger partial charge on any atom is -0.507 e. The second-order valence-corrected chi connectivity index (χ2v) is 9.43. The van der Waals surface area contributed by atoms with Gasteiger partial charge in [0.2, 0.25) is 5.95 Å². The fraction of sp³-hybridized carbons (Fsp3) is 0.250. The molecule has 0 radical (unpaired) electrons. The van der Waals surface area contributed by atoms with Gasteiger partial charge in [-0.1, -0.05) is 26.0 Å². The molecule has 1 atom stereocenters. The summed E-state index contributed by atoms with van der Waals surface area (Å²) in [4.78, 5) is 35.6. The summed E-state index contributed by atoms with van der Waals surface area (Å²) in [6, 6.07) is 13.0. The van der Waals surface area contributed by atoms with Gasteiger partial charge in [-0.2, -0.15) is 0 Å². The van der Waals surface area contributed by atoms with Crippen molar-refractivity contribution in [1.29, 1.82) is 0 Å². The molecule has 184 valence electrons. The molecule has 8 heteroatoms. The molecule has 0 aliphatic carbocycles. The molecular formula is C28H27N3O5. The molecule has 0 saturated carbocycles. The van der Waals surface area contributed by atoms with Gasteiger partial charge in [0.1, 0.15) is 23.3 Å². The minimum absolute atomic E-state index is 0.0798. The maximum Gasteiger partial charge on any atom is 0.302 e. The summed E-state index contributed by atoms with van der Waals surface area (Å²) < 4.78 is 11.4. The van der Waals surface area contributed by atoms with Gasteiger partial charge in [0.05, 0.1) is 29.5 Å². The number of furan rings is 1. The predicted octanol–water partition coefficient (Wildman–Crippen LogP) is 5.43. The van der Waals surface area contributed by atoms with Crippen LogP contribution in [0.4, 0.5) is 5.95 Å². The van der Waals surface area contributed by atoms with Crippen molar-refractivity contribution in [2.24, 2.45) is 5.92 Å². The number of imidazole rings is 1. The Labute approximate surface area is 208 Å². The fourth-order valence-electron chi connectivity index (χ4n) is 4.29. The number of aliphatic hydroxyl groups excluding tert-OH is 1. The van der Waals surface area contributed by atoms with E-state index in [1.807, 2.05) is 39.8 Å². The summed E-state index contributed by atoms with van der Waals surface area (Å²) in [6.07, 6.45) is 1.46. The van der Waals surface area contributed by atoms with Crippen LogP contribution in [0, 0.1) is 19.8 Å². The van der Waals surface area contributed by atoms with Crippen LogP contribution >= 0.6 is 0 Å². The number of hydrogen-bond acceptors (Lipinski definition) is 6. The molecule has 36 heavy (non-hydrogen) atoms. The van der Waals surface area contributed by atoms with E-state index in [2.05, 4.69) is 9.97 Å². The summed E-state index contributed by atoms with van der Waals surface area (Å²) in [7, 11) is 0. The molecule has 2 aromatic heterocycles. The lowest BCUT2D eigenvalue weighted by Crippen LogP contribution is -2.30. The zero-order chi connectivity index (χ0) is 25.6. The van der Waals surface area contributed by atoms with E-state index in [0.717, 1.165) is 16.6 Å². The van der Waals surface area contributed by atoms with Gasteiger partial charge in [-0.05, 0) is 67.3 Å². The molecule has 1 fully saturated rings. The summed E-state index contributed by atoms with van der Waals surface area (Å²) in [5, 5.41) is 11.3. The molecule has 1 saturated heterocycles. The highest BCUT2D eigenvalue weighted by molar-refractivity contribution is 6.51. The third kappa shape index (κ3) is 4.04. The number of benzene rings is 2. The number of ether oxygens (including phenoxy) is 1. The summed E-state index contributed by atoms with van der Waals surface area (Å²) in [5.41, 5.74) is 3.82. The van der Waals surface area contributed by atoms with Crippen LogP contribution in [0.3, 0.4) is 0 Å². The second kappa shape index (κ2) is 9.03. The highest BCUT2D eigenvalue weighted by atomic mass is 16.5. The Kier molecular flexibility index (Phi) is 5.88. The van der Waals surface area contributed by atoms with Crippen molar-refractivity contribution < 1.29 is 23.8 Å². The van der Waals surface area contributed by atoms with Gasteiger partial charge in [-0.3, -0.25) is 14.5 Å². The molecule has 2 N–H and O–H groups in total. The summed E-state index contributed by atoms with van der Waals surface area (Å²) >= 11 is 0. The standard InChI is InChI=1S/C28H27N3O5/c1-15(2)14-36-19-8-5-7-18(13-19)25(32)23-24(22-9-6-10-35-22)31(27(34)26(23)33)28-29-20-11-16(3)17(4)12-21(20)30-28/h5-13,15,24,32H,14H2,1-4H3,(H,29,30)/b25-23+. The normalized spacial score (nSPS) is 17.5. The van der Waals surface area contributed by atoms with Crippen molar-refractivity contribution in [3.05, 3.63) is 82.8 Å². The zero-order valence-electron chi connectivity index (χ0n) is 20.5. The Morgan fingerprint density at radius 1 is 1.14 bits per heavy atom. The van der Waals surface area contributed by atoms with E-state index in [9.17, 15) is 14.7 Å². The van der Waals surface area contributed by atoms with Crippen LogP contribution in [0.5, 0.6) is 5.75 Å². The SMILES string of the molecule is Cc1cc2nc(N3C(=O)C(=O)/C(=C(/O)c4cccc(OCC(C)C)c4)C3c3ccco3)[nH]c2cc1C. The molecule has 1 unspecified atom stereocenters. The molecular weight excluding hydrogens is 458 g/mol. The van der Waals surface area contributed by atoms with Crippen LogP contribution in [0.15, 0.2) is 64.8 Å². The van der Waals surface area contributed by atoms with Gasteiger partial charge in [0.15, 0.2) is 0 Å². The first-order valence-corrected chi connectivity index (χ1v) is 11.8. The number of aromatic nitrogens is 2. The first-order valence-electron chi connectivity index (χ1n) is 11.8. The summed E-state index contributed by atoms with van der Waals surface area (Å²) in [5.74, 6) is -0.534. The number of anilines is 1. The number of aryl methyl sites for hydroxylation is 2. The van der Waals surface area contributed by atoms with Gasteiger partial charge in [0, 0.05) is 5.56 Å².